The number of halogens is 1. The Morgan fingerprint density at radius 3 is 2.78 bits per heavy atom. The summed E-state index contributed by atoms with van der Waals surface area (Å²) >= 11 is 3.46. The van der Waals surface area contributed by atoms with Crippen LogP contribution >= 0.6 is 15.9 Å². The number of hydrogen-bond acceptors (Lipinski definition) is 3. The van der Waals surface area contributed by atoms with Crippen molar-refractivity contribution in [1.82, 2.24) is 24.3 Å². The van der Waals surface area contributed by atoms with E-state index >= 15 is 0 Å². The molecule has 0 N–H and O–H groups in total. The molecule has 3 aromatic rings. The van der Waals surface area contributed by atoms with Crippen LogP contribution in [0.4, 0.5) is 0 Å². The summed E-state index contributed by atoms with van der Waals surface area (Å²) in [6, 6.07) is 4.33. The van der Waals surface area contributed by atoms with Gasteiger partial charge in [-0.2, -0.15) is 5.10 Å². The molecule has 1 saturated carbocycles. The molecule has 3 heterocycles. The Bertz CT molecular complexity index is 801. The van der Waals surface area contributed by atoms with Gasteiger partial charge in [-0.15, -0.1) is 0 Å². The van der Waals surface area contributed by atoms with Crippen molar-refractivity contribution < 1.29 is 0 Å². The minimum absolute atomic E-state index is 0.192. The number of pyridine rings is 1. The predicted molar refractivity (Wildman–Crippen MR) is 91.8 cm³/mol. The van der Waals surface area contributed by atoms with Crippen LogP contribution < -0.4 is 0 Å². The molecule has 0 aliphatic heterocycles. The summed E-state index contributed by atoms with van der Waals surface area (Å²) in [6.07, 6.45) is 13.3. The molecule has 6 heteroatoms. The van der Waals surface area contributed by atoms with Gasteiger partial charge < -0.3 is 4.57 Å². The maximum absolute atomic E-state index is 4.62. The quantitative estimate of drug-likeness (QED) is 0.684. The van der Waals surface area contributed by atoms with Crippen LogP contribution in [0.15, 0.2) is 47.7 Å². The van der Waals surface area contributed by atoms with E-state index in [2.05, 4.69) is 47.9 Å². The molecular formula is C17H18BrN5. The summed E-state index contributed by atoms with van der Waals surface area (Å²) in [6.45, 7) is 0. The Labute approximate surface area is 143 Å². The van der Waals surface area contributed by atoms with Crippen LogP contribution in [-0.2, 0) is 7.05 Å². The van der Waals surface area contributed by atoms with E-state index in [0.29, 0.717) is 0 Å². The standard InChI is InChI=1S/C17H18BrN5/c1-22-11-19-9-17(22)13-7-21-23(10-13)16(6-12-2-3-12)15-5-4-14(18)8-20-15/h4-5,7-12,16H,2-3,6H2,1H3. The highest BCUT2D eigenvalue weighted by atomic mass is 79.9. The van der Waals surface area contributed by atoms with E-state index in [-0.39, 0.29) is 6.04 Å². The fourth-order valence-electron chi connectivity index (χ4n) is 2.89. The second-order valence-electron chi connectivity index (χ2n) is 6.19. The van der Waals surface area contributed by atoms with Gasteiger partial charge in [-0.25, -0.2) is 4.98 Å². The molecule has 5 nitrogen and oxygen atoms in total. The Balaban J connectivity index is 1.67. The van der Waals surface area contributed by atoms with E-state index in [4.69, 9.17) is 0 Å². The molecule has 0 saturated heterocycles. The second kappa shape index (κ2) is 5.92. The molecule has 1 aliphatic rings. The van der Waals surface area contributed by atoms with Crippen LogP contribution in [0, 0.1) is 5.92 Å². The van der Waals surface area contributed by atoms with Crippen LogP contribution in [0.1, 0.15) is 31.0 Å². The van der Waals surface area contributed by atoms with E-state index in [9.17, 15) is 0 Å². The molecule has 0 radical (unpaired) electrons. The maximum Gasteiger partial charge on any atom is 0.0948 e. The third kappa shape index (κ3) is 3.08. The molecule has 1 aliphatic carbocycles. The summed E-state index contributed by atoms with van der Waals surface area (Å²) in [4.78, 5) is 8.79. The molecule has 0 bridgehead atoms. The van der Waals surface area contributed by atoms with E-state index < -0.39 is 0 Å². The number of nitrogens with zero attached hydrogens (tertiary/aromatic N) is 5. The molecule has 1 unspecified atom stereocenters. The summed E-state index contributed by atoms with van der Waals surface area (Å²) < 4.78 is 5.06. The van der Waals surface area contributed by atoms with Gasteiger partial charge in [0.05, 0.1) is 36.2 Å². The average molecular weight is 372 g/mol. The molecule has 23 heavy (non-hydrogen) atoms. The Hall–Kier alpha value is -1.95. The minimum Gasteiger partial charge on any atom is -0.334 e. The molecule has 1 atom stereocenters. The van der Waals surface area contributed by atoms with Crippen molar-refractivity contribution in [2.75, 3.05) is 0 Å². The van der Waals surface area contributed by atoms with E-state index in [1.54, 1.807) is 0 Å². The van der Waals surface area contributed by atoms with Gasteiger partial charge in [-0.05, 0) is 40.4 Å². The van der Waals surface area contributed by atoms with Crippen LogP contribution in [-0.4, -0.2) is 24.3 Å². The third-order valence-corrected chi connectivity index (χ3v) is 4.85. The van der Waals surface area contributed by atoms with Crippen LogP contribution in [0.25, 0.3) is 11.3 Å². The lowest BCUT2D eigenvalue weighted by molar-refractivity contribution is 0.455. The monoisotopic (exact) mass is 371 g/mol. The number of hydrogen-bond donors (Lipinski definition) is 0. The van der Waals surface area contributed by atoms with E-state index in [1.807, 2.05) is 42.6 Å². The fraction of sp³-hybridized carbons (Fsp3) is 0.353. The Morgan fingerprint density at radius 1 is 1.26 bits per heavy atom. The summed E-state index contributed by atoms with van der Waals surface area (Å²) in [5.74, 6) is 0.801. The first kappa shape index (κ1) is 14.6. The topological polar surface area (TPSA) is 48.5 Å². The molecule has 3 aromatic heterocycles. The Morgan fingerprint density at radius 2 is 2.13 bits per heavy atom. The van der Waals surface area contributed by atoms with Crippen molar-refractivity contribution in [2.24, 2.45) is 13.0 Å². The summed E-state index contributed by atoms with van der Waals surface area (Å²) in [7, 11) is 2.00. The molecule has 0 amide bonds. The second-order valence-corrected chi connectivity index (χ2v) is 7.11. The highest BCUT2D eigenvalue weighted by Gasteiger charge is 2.28. The highest BCUT2D eigenvalue weighted by molar-refractivity contribution is 9.10. The third-order valence-electron chi connectivity index (χ3n) is 4.38. The van der Waals surface area contributed by atoms with Crippen LogP contribution in [0.3, 0.4) is 0 Å². The van der Waals surface area contributed by atoms with Gasteiger partial charge >= 0.3 is 0 Å². The lowest BCUT2D eigenvalue weighted by Crippen LogP contribution is -2.13. The zero-order valence-corrected chi connectivity index (χ0v) is 14.5. The summed E-state index contributed by atoms with van der Waals surface area (Å²) in [5.41, 5.74) is 3.23. The number of imidazole rings is 1. The number of rotatable bonds is 5. The van der Waals surface area contributed by atoms with Gasteiger partial charge in [0.2, 0.25) is 0 Å². The lowest BCUT2D eigenvalue weighted by atomic mass is 10.1. The smallest absolute Gasteiger partial charge is 0.0948 e. The SMILES string of the molecule is Cn1cncc1-c1cnn(C(CC2CC2)c2ccc(Br)cn2)c1. The maximum atomic E-state index is 4.62. The zero-order chi connectivity index (χ0) is 15.8. The first-order chi connectivity index (χ1) is 11.2. The Kier molecular flexibility index (Phi) is 3.77. The van der Waals surface area contributed by atoms with Gasteiger partial charge in [0, 0.05) is 29.5 Å². The van der Waals surface area contributed by atoms with Crippen molar-refractivity contribution in [1.29, 1.82) is 0 Å². The summed E-state index contributed by atoms with van der Waals surface area (Å²) in [5, 5.41) is 4.62. The minimum atomic E-state index is 0.192. The van der Waals surface area contributed by atoms with E-state index in [1.165, 1.54) is 12.8 Å². The van der Waals surface area contributed by atoms with Crippen molar-refractivity contribution in [2.45, 2.75) is 25.3 Å². The van der Waals surface area contributed by atoms with E-state index in [0.717, 1.165) is 33.8 Å². The van der Waals surface area contributed by atoms with Crippen molar-refractivity contribution in [3.05, 3.63) is 53.4 Å². The van der Waals surface area contributed by atoms with Crippen molar-refractivity contribution >= 4 is 15.9 Å². The lowest BCUT2D eigenvalue weighted by Gasteiger charge is -2.17. The molecule has 4 rings (SSSR count). The molecule has 0 spiro atoms. The number of aromatic nitrogens is 5. The van der Waals surface area contributed by atoms with Gasteiger partial charge in [0.15, 0.2) is 0 Å². The molecule has 118 valence electrons. The molecular weight excluding hydrogens is 354 g/mol. The molecule has 1 fully saturated rings. The first-order valence-corrected chi connectivity index (χ1v) is 8.62. The largest absolute Gasteiger partial charge is 0.334 e. The van der Waals surface area contributed by atoms with Crippen molar-refractivity contribution in [3.8, 4) is 11.3 Å². The number of aryl methyl sites for hydroxylation is 1. The van der Waals surface area contributed by atoms with Crippen LogP contribution in [0.2, 0.25) is 0 Å². The van der Waals surface area contributed by atoms with Crippen molar-refractivity contribution in [3.63, 3.8) is 0 Å². The highest BCUT2D eigenvalue weighted by Crippen LogP contribution is 2.39. The normalized spacial score (nSPS) is 15.7. The van der Waals surface area contributed by atoms with Crippen LogP contribution in [0.5, 0.6) is 0 Å². The van der Waals surface area contributed by atoms with Gasteiger partial charge in [-0.1, -0.05) is 12.8 Å². The van der Waals surface area contributed by atoms with Gasteiger partial charge in [0.25, 0.3) is 0 Å². The fourth-order valence-corrected chi connectivity index (χ4v) is 3.13. The first-order valence-electron chi connectivity index (χ1n) is 7.83. The zero-order valence-electron chi connectivity index (χ0n) is 12.9. The van der Waals surface area contributed by atoms with Gasteiger partial charge in [-0.3, -0.25) is 9.67 Å². The predicted octanol–water partition coefficient (Wildman–Crippen LogP) is 3.83. The van der Waals surface area contributed by atoms with Gasteiger partial charge in [0.1, 0.15) is 0 Å². The average Bonchev–Trinajstić information content (AvgIpc) is 3.06. The molecule has 0 aromatic carbocycles.